The van der Waals surface area contributed by atoms with Gasteiger partial charge in [0.15, 0.2) is 0 Å². The van der Waals surface area contributed by atoms with E-state index in [4.69, 9.17) is 11.6 Å². The van der Waals surface area contributed by atoms with Crippen LogP contribution in [0.5, 0.6) is 0 Å². The Morgan fingerprint density at radius 2 is 2.24 bits per heavy atom. The molecule has 0 aromatic carbocycles. The second-order valence-corrected chi connectivity index (χ2v) is 8.00. The van der Waals surface area contributed by atoms with Crippen LogP contribution < -0.4 is 5.32 Å². The van der Waals surface area contributed by atoms with Crippen LogP contribution in [-0.4, -0.2) is 6.54 Å². The Morgan fingerprint density at radius 1 is 1.47 bits per heavy atom. The summed E-state index contributed by atoms with van der Waals surface area (Å²) in [5.41, 5.74) is 0. The first-order valence-corrected chi connectivity index (χ1v) is 8.70. The van der Waals surface area contributed by atoms with Crippen LogP contribution in [0.2, 0.25) is 5.02 Å². The van der Waals surface area contributed by atoms with Gasteiger partial charge < -0.3 is 5.32 Å². The van der Waals surface area contributed by atoms with Gasteiger partial charge in [0.1, 0.15) is 0 Å². The molecule has 2 aromatic heterocycles. The van der Waals surface area contributed by atoms with E-state index >= 15 is 0 Å². The Labute approximate surface area is 130 Å². The second-order valence-electron chi connectivity index (χ2n) is 3.39. The molecule has 6 heteroatoms. The lowest BCUT2D eigenvalue weighted by molar-refractivity contribution is 0.649. The van der Waals surface area contributed by atoms with Crippen LogP contribution in [0, 0.1) is 0 Å². The SMILES string of the molecule is CCNC(c1cc(Br)c(Br)s1)c1sccc1Cl. The van der Waals surface area contributed by atoms with E-state index in [1.165, 1.54) is 9.75 Å². The number of rotatable bonds is 4. The van der Waals surface area contributed by atoms with E-state index in [2.05, 4.69) is 50.2 Å². The minimum absolute atomic E-state index is 0.181. The van der Waals surface area contributed by atoms with Crippen LogP contribution in [0.1, 0.15) is 22.7 Å². The van der Waals surface area contributed by atoms with E-state index in [9.17, 15) is 0 Å². The Hall–Kier alpha value is 0.610. The first kappa shape index (κ1) is 14.0. The smallest absolute Gasteiger partial charge is 0.0843 e. The summed E-state index contributed by atoms with van der Waals surface area (Å²) in [7, 11) is 0. The quantitative estimate of drug-likeness (QED) is 0.677. The van der Waals surface area contributed by atoms with Crippen LogP contribution in [0.15, 0.2) is 25.8 Å². The van der Waals surface area contributed by atoms with Gasteiger partial charge in [0, 0.05) is 14.2 Å². The fraction of sp³-hybridized carbons (Fsp3) is 0.273. The summed E-state index contributed by atoms with van der Waals surface area (Å²) in [6.07, 6.45) is 0. The van der Waals surface area contributed by atoms with Crippen molar-refractivity contribution in [2.24, 2.45) is 0 Å². The minimum atomic E-state index is 0.181. The van der Waals surface area contributed by atoms with Crippen LogP contribution in [0.25, 0.3) is 0 Å². The van der Waals surface area contributed by atoms with Gasteiger partial charge in [-0.1, -0.05) is 18.5 Å². The van der Waals surface area contributed by atoms with Crippen molar-refractivity contribution in [1.82, 2.24) is 5.32 Å². The summed E-state index contributed by atoms with van der Waals surface area (Å²) in [4.78, 5) is 2.43. The lowest BCUT2D eigenvalue weighted by Crippen LogP contribution is -2.20. The van der Waals surface area contributed by atoms with E-state index in [0.717, 1.165) is 19.8 Å². The summed E-state index contributed by atoms with van der Waals surface area (Å²) in [6, 6.07) is 4.27. The highest BCUT2D eigenvalue weighted by Crippen LogP contribution is 2.40. The number of nitrogens with one attached hydrogen (secondary N) is 1. The molecule has 0 fully saturated rings. The van der Waals surface area contributed by atoms with Crippen molar-refractivity contribution in [3.05, 3.63) is 40.5 Å². The molecule has 0 aliphatic rings. The molecule has 1 unspecified atom stereocenters. The lowest BCUT2D eigenvalue weighted by atomic mass is 10.2. The highest BCUT2D eigenvalue weighted by atomic mass is 79.9. The standard InChI is InChI=1S/C11H10Br2ClNS2/c1-2-15-9(10-7(14)3-4-16-10)8-5-6(12)11(13)17-8/h3-5,9,15H,2H2,1H3. The Balaban J connectivity index is 2.39. The molecule has 0 amide bonds. The summed E-state index contributed by atoms with van der Waals surface area (Å²) < 4.78 is 2.20. The molecule has 0 saturated carbocycles. The van der Waals surface area contributed by atoms with E-state index in [1.807, 2.05) is 11.4 Å². The molecule has 1 N–H and O–H groups in total. The minimum Gasteiger partial charge on any atom is -0.305 e. The van der Waals surface area contributed by atoms with Gasteiger partial charge in [-0.3, -0.25) is 0 Å². The van der Waals surface area contributed by atoms with Gasteiger partial charge in [-0.15, -0.1) is 22.7 Å². The van der Waals surface area contributed by atoms with Crippen LogP contribution in [-0.2, 0) is 0 Å². The monoisotopic (exact) mass is 413 g/mol. The topological polar surface area (TPSA) is 12.0 Å². The molecular formula is C11H10Br2ClNS2. The summed E-state index contributed by atoms with van der Waals surface area (Å²) in [6.45, 7) is 3.01. The number of hydrogen-bond acceptors (Lipinski definition) is 3. The Bertz CT molecular complexity index is 490. The van der Waals surface area contributed by atoms with Crippen molar-refractivity contribution >= 4 is 66.1 Å². The third kappa shape index (κ3) is 3.14. The molecule has 0 aliphatic heterocycles. The Morgan fingerprint density at radius 3 is 2.71 bits per heavy atom. The summed E-state index contributed by atoms with van der Waals surface area (Å²) in [5, 5.41) is 6.34. The molecule has 2 rings (SSSR count). The van der Waals surface area contributed by atoms with Gasteiger partial charge in [0.05, 0.1) is 14.9 Å². The van der Waals surface area contributed by atoms with Crippen molar-refractivity contribution in [3.8, 4) is 0 Å². The molecule has 2 heterocycles. The van der Waals surface area contributed by atoms with Gasteiger partial charge in [-0.2, -0.15) is 0 Å². The zero-order chi connectivity index (χ0) is 12.4. The molecule has 92 valence electrons. The maximum atomic E-state index is 6.22. The molecular weight excluding hydrogens is 406 g/mol. The molecule has 2 aromatic rings. The van der Waals surface area contributed by atoms with E-state index < -0.39 is 0 Å². The van der Waals surface area contributed by atoms with Gasteiger partial charge >= 0.3 is 0 Å². The van der Waals surface area contributed by atoms with Crippen LogP contribution in [0.4, 0.5) is 0 Å². The van der Waals surface area contributed by atoms with E-state index in [0.29, 0.717) is 0 Å². The first-order chi connectivity index (χ1) is 8.13. The number of hydrogen-bond donors (Lipinski definition) is 1. The average molecular weight is 416 g/mol. The fourth-order valence-electron chi connectivity index (χ4n) is 1.54. The highest BCUT2D eigenvalue weighted by molar-refractivity contribution is 9.13. The molecule has 1 nitrogen and oxygen atoms in total. The number of thiophene rings is 2. The van der Waals surface area contributed by atoms with Crippen LogP contribution in [0.3, 0.4) is 0 Å². The van der Waals surface area contributed by atoms with Crippen molar-refractivity contribution in [2.45, 2.75) is 13.0 Å². The maximum Gasteiger partial charge on any atom is 0.0843 e. The molecule has 0 bridgehead atoms. The zero-order valence-corrected chi connectivity index (χ0v) is 14.5. The lowest BCUT2D eigenvalue weighted by Gasteiger charge is -2.15. The number of halogens is 3. The second kappa shape index (κ2) is 6.17. The molecule has 0 radical (unpaired) electrons. The van der Waals surface area contributed by atoms with E-state index in [-0.39, 0.29) is 6.04 Å². The average Bonchev–Trinajstić information content (AvgIpc) is 2.83. The predicted octanol–water partition coefficient (Wildman–Crippen LogP) is 5.69. The highest BCUT2D eigenvalue weighted by Gasteiger charge is 2.20. The largest absolute Gasteiger partial charge is 0.305 e. The van der Waals surface area contributed by atoms with Gasteiger partial charge in [0.25, 0.3) is 0 Å². The fourth-order valence-corrected chi connectivity index (χ4v) is 5.05. The third-order valence-electron chi connectivity index (χ3n) is 2.26. The summed E-state index contributed by atoms with van der Waals surface area (Å²) in [5.74, 6) is 0. The molecule has 0 spiro atoms. The van der Waals surface area contributed by atoms with Crippen molar-refractivity contribution < 1.29 is 0 Å². The molecule has 17 heavy (non-hydrogen) atoms. The maximum absolute atomic E-state index is 6.22. The van der Waals surface area contributed by atoms with Crippen LogP contribution >= 0.6 is 66.1 Å². The zero-order valence-electron chi connectivity index (χ0n) is 8.97. The van der Waals surface area contributed by atoms with Crippen molar-refractivity contribution in [1.29, 1.82) is 0 Å². The third-order valence-corrected chi connectivity index (χ3v) is 7.01. The first-order valence-electron chi connectivity index (χ1n) is 5.04. The van der Waals surface area contributed by atoms with Gasteiger partial charge in [-0.25, -0.2) is 0 Å². The van der Waals surface area contributed by atoms with Crippen molar-refractivity contribution in [2.75, 3.05) is 6.54 Å². The Kier molecular flexibility index (Phi) is 5.09. The normalized spacial score (nSPS) is 12.9. The van der Waals surface area contributed by atoms with Gasteiger partial charge in [-0.05, 0) is 55.9 Å². The van der Waals surface area contributed by atoms with Gasteiger partial charge in [0.2, 0.25) is 0 Å². The van der Waals surface area contributed by atoms with Crippen molar-refractivity contribution in [3.63, 3.8) is 0 Å². The molecule has 0 aliphatic carbocycles. The molecule has 1 atom stereocenters. The molecule has 0 saturated heterocycles. The van der Waals surface area contributed by atoms with E-state index in [1.54, 1.807) is 22.7 Å². The summed E-state index contributed by atoms with van der Waals surface area (Å²) >= 11 is 16.7. The predicted molar refractivity (Wildman–Crippen MR) is 84.6 cm³/mol.